The largest absolute Gasteiger partial charge is 0.482 e. The number of carbonyl (C=O) groups excluding carboxylic acids is 1. The SMILES string of the molecule is O=C1COc2ccc(S(=O)(=O)N3C[C@@H]4CNC[C@@H]4[C@H]3c3ccccc3)cc2N1. The summed E-state index contributed by atoms with van der Waals surface area (Å²) in [6.45, 7) is 2.07. The predicted molar refractivity (Wildman–Crippen MR) is 103 cm³/mol. The Hall–Kier alpha value is -2.42. The first-order valence-corrected chi connectivity index (χ1v) is 10.8. The number of amides is 1. The van der Waals surface area contributed by atoms with Crippen LogP contribution in [0, 0.1) is 11.8 Å². The second kappa shape index (κ2) is 6.58. The number of sulfonamides is 1. The molecular weight excluding hydrogens is 378 g/mol. The molecule has 0 spiro atoms. The smallest absolute Gasteiger partial charge is 0.262 e. The molecule has 28 heavy (non-hydrogen) atoms. The summed E-state index contributed by atoms with van der Waals surface area (Å²) in [4.78, 5) is 11.8. The fourth-order valence-corrected chi connectivity index (χ4v) is 6.29. The first-order valence-electron chi connectivity index (χ1n) is 9.38. The quantitative estimate of drug-likeness (QED) is 0.819. The molecule has 0 radical (unpaired) electrons. The monoisotopic (exact) mass is 399 g/mol. The van der Waals surface area contributed by atoms with E-state index in [1.54, 1.807) is 16.4 Å². The molecule has 2 saturated heterocycles. The molecule has 2 aromatic rings. The van der Waals surface area contributed by atoms with Crippen molar-refractivity contribution in [3.05, 3.63) is 54.1 Å². The summed E-state index contributed by atoms with van der Waals surface area (Å²) < 4.78 is 34.1. The van der Waals surface area contributed by atoms with Gasteiger partial charge in [-0.2, -0.15) is 4.31 Å². The van der Waals surface area contributed by atoms with Crippen molar-refractivity contribution in [1.82, 2.24) is 9.62 Å². The zero-order valence-electron chi connectivity index (χ0n) is 15.2. The minimum absolute atomic E-state index is 0.0579. The molecule has 3 heterocycles. The maximum Gasteiger partial charge on any atom is 0.262 e. The Kier molecular flexibility index (Phi) is 4.15. The zero-order chi connectivity index (χ0) is 19.3. The van der Waals surface area contributed by atoms with Gasteiger partial charge in [0.1, 0.15) is 5.75 Å². The molecule has 1 amide bonds. The second-order valence-corrected chi connectivity index (χ2v) is 9.40. The molecule has 0 bridgehead atoms. The molecule has 2 N–H and O–H groups in total. The van der Waals surface area contributed by atoms with Crippen LogP contribution < -0.4 is 15.4 Å². The molecule has 5 rings (SSSR count). The summed E-state index contributed by atoms with van der Waals surface area (Å²) in [5.74, 6) is 0.741. The lowest BCUT2D eigenvalue weighted by Crippen LogP contribution is -2.35. The minimum atomic E-state index is -3.73. The van der Waals surface area contributed by atoms with E-state index in [4.69, 9.17) is 4.74 Å². The van der Waals surface area contributed by atoms with Gasteiger partial charge in [0.05, 0.1) is 16.6 Å². The third-order valence-electron chi connectivity index (χ3n) is 5.85. The number of nitrogens with one attached hydrogen (secondary N) is 2. The number of rotatable bonds is 3. The normalized spacial score (nSPS) is 27.0. The van der Waals surface area contributed by atoms with Gasteiger partial charge in [-0.15, -0.1) is 0 Å². The fourth-order valence-electron chi connectivity index (χ4n) is 4.55. The van der Waals surface area contributed by atoms with E-state index in [0.29, 0.717) is 23.9 Å². The van der Waals surface area contributed by atoms with Gasteiger partial charge < -0.3 is 15.4 Å². The Morgan fingerprint density at radius 3 is 2.71 bits per heavy atom. The standard InChI is InChI=1S/C20H21N3O4S/c24-19-12-27-18-7-6-15(8-17(18)22-19)28(25,26)23-11-14-9-21-10-16(14)20(23)13-4-2-1-3-5-13/h1-8,14,16,20-21H,9-12H2,(H,22,24)/t14-,16-,20+/m0/s1. The number of benzene rings is 2. The van der Waals surface area contributed by atoms with Gasteiger partial charge in [0.15, 0.2) is 6.61 Å². The van der Waals surface area contributed by atoms with Crippen molar-refractivity contribution in [2.24, 2.45) is 11.8 Å². The molecule has 8 heteroatoms. The molecule has 0 unspecified atom stereocenters. The highest BCUT2D eigenvalue weighted by Gasteiger charge is 2.49. The molecule has 2 fully saturated rings. The van der Waals surface area contributed by atoms with Crippen LogP contribution in [-0.2, 0) is 14.8 Å². The number of ether oxygens (including phenoxy) is 1. The third-order valence-corrected chi connectivity index (χ3v) is 7.70. The molecule has 146 valence electrons. The van der Waals surface area contributed by atoms with Crippen molar-refractivity contribution in [2.75, 3.05) is 31.6 Å². The lowest BCUT2D eigenvalue weighted by atomic mass is 9.90. The molecule has 3 aliphatic heterocycles. The van der Waals surface area contributed by atoms with E-state index < -0.39 is 10.0 Å². The molecule has 7 nitrogen and oxygen atoms in total. The Morgan fingerprint density at radius 1 is 1.07 bits per heavy atom. The van der Waals surface area contributed by atoms with Crippen LogP contribution >= 0.6 is 0 Å². The molecular formula is C20H21N3O4S. The first-order chi connectivity index (χ1) is 13.5. The van der Waals surface area contributed by atoms with E-state index in [0.717, 1.165) is 18.7 Å². The van der Waals surface area contributed by atoms with Crippen LogP contribution in [0.5, 0.6) is 5.75 Å². The summed E-state index contributed by atoms with van der Waals surface area (Å²) in [6.07, 6.45) is 0. The molecule has 2 aromatic carbocycles. The Morgan fingerprint density at radius 2 is 1.89 bits per heavy atom. The van der Waals surface area contributed by atoms with Crippen LogP contribution in [0.15, 0.2) is 53.4 Å². The van der Waals surface area contributed by atoms with Crippen molar-refractivity contribution < 1.29 is 17.9 Å². The topological polar surface area (TPSA) is 87.7 Å². The number of nitrogens with zero attached hydrogens (tertiary/aromatic N) is 1. The first kappa shape index (κ1) is 17.7. The average molecular weight is 399 g/mol. The molecule has 3 atom stereocenters. The predicted octanol–water partition coefficient (Wildman–Crippen LogP) is 1.60. The van der Waals surface area contributed by atoms with Crippen molar-refractivity contribution in [3.8, 4) is 5.75 Å². The molecule has 0 aliphatic carbocycles. The van der Waals surface area contributed by atoms with E-state index in [2.05, 4.69) is 10.6 Å². The molecule has 3 aliphatic rings. The lowest BCUT2D eigenvalue weighted by molar-refractivity contribution is -0.118. The summed E-state index contributed by atoms with van der Waals surface area (Å²) >= 11 is 0. The van der Waals surface area contributed by atoms with Crippen molar-refractivity contribution in [1.29, 1.82) is 0 Å². The summed E-state index contributed by atoms with van der Waals surface area (Å²) in [5.41, 5.74) is 1.41. The van der Waals surface area contributed by atoms with Gasteiger partial charge in [-0.1, -0.05) is 30.3 Å². The van der Waals surface area contributed by atoms with Gasteiger partial charge in [0.2, 0.25) is 10.0 Å². The highest BCUT2D eigenvalue weighted by molar-refractivity contribution is 7.89. The van der Waals surface area contributed by atoms with Crippen molar-refractivity contribution in [2.45, 2.75) is 10.9 Å². The number of hydrogen-bond donors (Lipinski definition) is 2. The molecule has 0 aromatic heterocycles. The third kappa shape index (κ3) is 2.80. The molecule has 0 saturated carbocycles. The second-order valence-electron chi connectivity index (χ2n) is 7.51. The number of carbonyl (C=O) groups is 1. The van der Waals surface area contributed by atoms with E-state index in [-0.39, 0.29) is 29.4 Å². The zero-order valence-corrected chi connectivity index (χ0v) is 16.0. The maximum absolute atomic E-state index is 13.6. The highest BCUT2D eigenvalue weighted by atomic mass is 32.2. The number of fused-ring (bicyclic) bond motifs is 2. The Bertz CT molecular complexity index is 1030. The van der Waals surface area contributed by atoms with Crippen LogP contribution in [0.2, 0.25) is 0 Å². The maximum atomic E-state index is 13.6. The van der Waals surface area contributed by atoms with Gasteiger partial charge in [0.25, 0.3) is 5.91 Å². The van der Waals surface area contributed by atoms with Crippen molar-refractivity contribution >= 4 is 21.6 Å². The lowest BCUT2D eigenvalue weighted by Gasteiger charge is -2.28. The van der Waals surface area contributed by atoms with Gasteiger partial charge >= 0.3 is 0 Å². The van der Waals surface area contributed by atoms with Crippen LogP contribution in [0.4, 0.5) is 5.69 Å². The van der Waals surface area contributed by atoms with Gasteiger partial charge in [-0.3, -0.25) is 4.79 Å². The van der Waals surface area contributed by atoms with Crippen LogP contribution in [0.25, 0.3) is 0 Å². The summed E-state index contributed by atoms with van der Waals surface area (Å²) in [5, 5.41) is 6.08. The van der Waals surface area contributed by atoms with Crippen LogP contribution in [-0.4, -0.2) is 44.9 Å². The summed E-state index contributed by atoms with van der Waals surface area (Å²) in [7, 11) is -3.73. The van der Waals surface area contributed by atoms with Crippen LogP contribution in [0.3, 0.4) is 0 Å². The van der Waals surface area contributed by atoms with Gasteiger partial charge in [-0.05, 0) is 42.1 Å². The Labute approximate surface area is 163 Å². The average Bonchev–Trinajstić information content (AvgIpc) is 3.29. The summed E-state index contributed by atoms with van der Waals surface area (Å²) in [6, 6.07) is 14.3. The van der Waals surface area contributed by atoms with Gasteiger partial charge in [-0.25, -0.2) is 8.42 Å². The van der Waals surface area contributed by atoms with Gasteiger partial charge in [0, 0.05) is 13.1 Å². The van der Waals surface area contributed by atoms with Crippen molar-refractivity contribution in [3.63, 3.8) is 0 Å². The Balaban J connectivity index is 1.55. The van der Waals surface area contributed by atoms with E-state index in [1.807, 2.05) is 30.3 Å². The minimum Gasteiger partial charge on any atom is -0.482 e. The fraction of sp³-hybridized carbons (Fsp3) is 0.350. The van der Waals surface area contributed by atoms with E-state index in [1.165, 1.54) is 6.07 Å². The number of hydrogen-bond acceptors (Lipinski definition) is 5. The highest BCUT2D eigenvalue weighted by Crippen LogP contribution is 2.45. The van der Waals surface area contributed by atoms with E-state index in [9.17, 15) is 13.2 Å². The number of anilines is 1. The van der Waals surface area contributed by atoms with Crippen LogP contribution in [0.1, 0.15) is 11.6 Å². The van der Waals surface area contributed by atoms with E-state index >= 15 is 0 Å².